The molecule has 0 radical (unpaired) electrons. The van der Waals surface area contributed by atoms with Gasteiger partial charge in [-0.1, -0.05) is 48.0 Å². The zero-order valence-electron chi connectivity index (χ0n) is 20.8. The minimum atomic E-state index is -0.415. The lowest BCUT2D eigenvalue weighted by Crippen LogP contribution is -2.44. The molecule has 1 aliphatic rings. The lowest BCUT2D eigenvalue weighted by molar-refractivity contribution is -0.123. The summed E-state index contributed by atoms with van der Waals surface area (Å²) in [5, 5.41) is 3.41. The lowest BCUT2D eigenvalue weighted by Gasteiger charge is -2.30. The smallest absolute Gasteiger partial charge is 0.294 e. The first-order chi connectivity index (χ1) is 18.0. The zero-order valence-corrected chi connectivity index (χ0v) is 21.6. The van der Waals surface area contributed by atoms with Crippen LogP contribution in [-0.2, 0) is 16.0 Å². The minimum absolute atomic E-state index is 0.0949. The van der Waals surface area contributed by atoms with Crippen LogP contribution >= 0.6 is 11.6 Å². The number of anilines is 1. The van der Waals surface area contributed by atoms with Crippen molar-refractivity contribution in [3.05, 3.63) is 88.6 Å². The molecule has 0 aromatic heterocycles. The summed E-state index contributed by atoms with van der Waals surface area (Å²) < 4.78 is 17.2. The molecule has 7 nitrogen and oxygen atoms in total. The van der Waals surface area contributed by atoms with Gasteiger partial charge >= 0.3 is 0 Å². The van der Waals surface area contributed by atoms with Crippen molar-refractivity contribution in [2.45, 2.75) is 20.3 Å². The molecule has 0 atom stereocenters. The number of benzene rings is 3. The summed E-state index contributed by atoms with van der Waals surface area (Å²) in [4.78, 5) is 27.6. The highest BCUT2D eigenvalue weighted by molar-refractivity contribution is 6.32. The Labute approximate surface area is 221 Å². The van der Waals surface area contributed by atoms with E-state index in [9.17, 15) is 9.59 Å². The number of fused-ring (bicyclic) bond motifs is 1. The Balaban J connectivity index is 1.44. The number of hydrogen-bond donors (Lipinski definition) is 1. The van der Waals surface area contributed by atoms with Crippen molar-refractivity contribution in [3.63, 3.8) is 0 Å². The summed E-state index contributed by atoms with van der Waals surface area (Å²) in [5.41, 5.74) is 2.19. The molecule has 0 spiro atoms. The summed E-state index contributed by atoms with van der Waals surface area (Å²) >= 11 is 6.27. The van der Waals surface area contributed by atoms with Crippen molar-refractivity contribution in [3.8, 4) is 17.2 Å². The second kappa shape index (κ2) is 12.3. The first-order valence-electron chi connectivity index (χ1n) is 12.2. The van der Waals surface area contributed by atoms with Gasteiger partial charge in [0.2, 0.25) is 5.91 Å². The molecule has 192 valence electrons. The first-order valence-corrected chi connectivity index (χ1v) is 12.6. The fourth-order valence-corrected chi connectivity index (χ4v) is 4.14. The predicted molar refractivity (Wildman–Crippen MR) is 144 cm³/mol. The zero-order chi connectivity index (χ0) is 26.2. The third-order valence-corrected chi connectivity index (χ3v) is 6.01. The van der Waals surface area contributed by atoms with Gasteiger partial charge in [0.1, 0.15) is 6.54 Å². The van der Waals surface area contributed by atoms with E-state index in [-0.39, 0.29) is 18.2 Å². The summed E-state index contributed by atoms with van der Waals surface area (Å²) in [6.07, 6.45) is 2.19. The van der Waals surface area contributed by atoms with Crippen LogP contribution in [0.15, 0.2) is 72.5 Å². The molecular weight excluding hydrogens is 492 g/mol. The summed E-state index contributed by atoms with van der Waals surface area (Å²) in [7, 11) is 0. The van der Waals surface area contributed by atoms with Crippen LogP contribution in [0, 0.1) is 0 Å². The Kier molecular flexibility index (Phi) is 8.69. The van der Waals surface area contributed by atoms with Gasteiger partial charge in [0.15, 0.2) is 23.0 Å². The number of para-hydroxylation sites is 2. The van der Waals surface area contributed by atoms with E-state index in [1.54, 1.807) is 36.4 Å². The summed E-state index contributed by atoms with van der Waals surface area (Å²) in [5.74, 6) is 1.27. The van der Waals surface area contributed by atoms with E-state index in [1.165, 1.54) is 4.90 Å². The maximum absolute atomic E-state index is 13.3. The quantitative estimate of drug-likeness (QED) is 0.369. The maximum atomic E-state index is 13.3. The van der Waals surface area contributed by atoms with Gasteiger partial charge in [-0.15, -0.1) is 0 Å². The van der Waals surface area contributed by atoms with Crippen LogP contribution in [0.3, 0.4) is 0 Å². The van der Waals surface area contributed by atoms with Gasteiger partial charge in [-0.25, -0.2) is 0 Å². The molecular formula is C29H29ClN2O5. The van der Waals surface area contributed by atoms with Crippen molar-refractivity contribution >= 4 is 35.2 Å². The summed E-state index contributed by atoms with van der Waals surface area (Å²) in [6.45, 7) is 5.18. The second-order valence-corrected chi connectivity index (χ2v) is 8.65. The van der Waals surface area contributed by atoms with Crippen molar-refractivity contribution < 1.29 is 23.8 Å². The Morgan fingerprint density at radius 1 is 1.00 bits per heavy atom. The lowest BCUT2D eigenvalue weighted by atomic mass is 10.1. The average Bonchev–Trinajstić information content (AvgIpc) is 2.89. The number of carbonyl (C=O) groups excluding carboxylic acids is 2. The van der Waals surface area contributed by atoms with Crippen LogP contribution in [0.4, 0.5) is 5.69 Å². The second-order valence-electron chi connectivity index (χ2n) is 8.24. The normalized spacial score (nSPS) is 13.6. The van der Waals surface area contributed by atoms with E-state index >= 15 is 0 Å². The van der Waals surface area contributed by atoms with Gasteiger partial charge < -0.3 is 19.5 Å². The van der Waals surface area contributed by atoms with E-state index in [0.29, 0.717) is 59.7 Å². The molecule has 0 saturated heterocycles. The SMILES string of the molecule is CCOc1ccc(CCNC(=O)CN2C(=O)C(=Cc3ccccc3Cl)Oc3ccccc32)cc1OCC. The molecule has 4 rings (SSSR count). The molecule has 0 bridgehead atoms. The van der Waals surface area contributed by atoms with Gasteiger partial charge in [0.25, 0.3) is 5.91 Å². The minimum Gasteiger partial charge on any atom is -0.490 e. The van der Waals surface area contributed by atoms with Crippen LogP contribution in [-0.4, -0.2) is 38.1 Å². The number of ether oxygens (including phenoxy) is 3. The molecule has 1 heterocycles. The average molecular weight is 521 g/mol. The Morgan fingerprint density at radius 2 is 1.73 bits per heavy atom. The molecule has 2 amide bonds. The molecule has 0 saturated carbocycles. The number of amides is 2. The molecule has 3 aromatic rings. The number of carbonyl (C=O) groups is 2. The van der Waals surface area contributed by atoms with E-state index in [1.807, 2.05) is 50.2 Å². The summed E-state index contributed by atoms with van der Waals surface area (Å²) in [6, 6.07) is 20.0. The van der Waals surface area contributed by atoms with E-state index in [4.69, 9.17) is 25.8 Å². The molecule has 0 aliphatic carbocycles. The molecule has 3 aromatic carbocycles. The highest BCUT2D eigenvalue weighted by Crippen LogP contribution is 2.36. The third-order valence-electron chi connectivity index (χ3n) is 5.67. The fourth-order valence-electron chi connectivity index (χ4n) is 3.95. The van der Waals surface area contributed by atoms with E-state index < -0.39 is 5.91 Å². The van der Waals surface area contributed by atoms with Crippen LogP contribution in [0.1, 0.15) is 25.0 Å². The monoisotopic (exact) mass is 520 g/mol. The fraction of sp³-hybridized carbons (Fsp3) is 0.241. The first kappa shape index (κ1) is 26.1. The number of hydrogen-bond acceptors (Lipinski definition) is 5. The van der Waals surface area contributed by atoms with Crippen molar-refractivity contribution in [2.75, 3.05) is 31.2 Å². The van der Waals surface area contributed by atoms with Crippen LogP contribution < -0.4 is 24.4 Å². The van der Waals surface area contributed by atoms with E-state index in [2.05, 4.69) is 5.32 Å². The van der Waals surface area contributed by atoms with Crippen LogP contribution in [0.5, 0.6) is 17.2 Å². The highest BCUT2D eigenvalue weighted by Gasteiger charge is 2.31. The Hall–Kier alpha value is -3.97. The van der Waals surface area contributed by atoms with Crippen molar-refractivity contribution in [2.24, 2.45) is 0 Å². The standard InChI is InChI=1S/C29H29ClN2O5/c1-3-35-25-14-13-20(17-26(25)36-4-2)15-16-31-28(33)19-32-23-11-7-8-12-24(23)37-27(29(32)34)18-21-9-5-6-10-22(21)30/h5-14,17-18H,3-4,15-16,19H2,1-2H3,(H,31,33). The topological polar surface area (TPSA) is 77.1 Å². The number of nitrogens with zero attached hydrogens (tertiary/aromatic N) is 1. The van der Waals surface area contributed by atoms with Gasteiger partial charge in [0.05, 0.1) is 18.9 Å². The predicted octanol–water partition coefficient (Wildman–Crippen LogP) is 5.26. The van der Waals surface area contributed by atoms with Gasteiger partial charge in [-0.2, -0.15) is 0 Å². The van der Waals surface area contributed by atoms with E-state index in [0.717, 1.165) is 5.56 Å². The number of halogens is 1. The molecule has 0 unspecified atom stereocenters. The Bertz CT molecular complexity index is 1310. The van der Waals surface area contributed by atoms with Crippen molar-refractivity contribution in [1.82, 2.24) is 5.32 Å². The third kappa shape index (κ3) is 6.43. The maximum Gasteiger partial charge on any atom is 0.294 e. The van der Waals surface area contributed by atoms with Crippen LogP contribution in [0.25, 0.3) is 6.08 Å². The largest absolute Gasteiger partial charge is 0.490 e. The van der Waals surface area contributed by atoms with Gasteiger partial charge in [-0.05, 0) is 67.8 Å². The van der Waals surface area contributed by atoms with Crippen LogP contribution in [0.2, 0.25) is 5.02 Å². The molecule has 1 aliphatic heterocycles. The highest BCUT2D eigenvalue weighted by atomic mass is 35.5. The van der Waals surface area contributed by atoms with Gasteiger partial charge in [0, 0.05) is 11.6 Å². The number of rotatable bonds is 10. The molecule has 37 heavy (non-hydrogen) atoms. The number of nitrogens with one attached hydrogen (secondary N) is 1. The molecule has 8 heteroatoms. The Morgan fingerprint density at radius 3 is 2.51 bits per heavy atom. The van der Waals surface area contributed by atoms with Crippen molar-refractivity contribution in [1.29, 1.82) is 0 Å². The molecule has 1 N–H and O–H groups in total. The molecule has 0 fully saturated rings. The van der Waals surface area contributed by atoms with Gasteiger partial charge in [-0.3, -0.25) is 14.5 Å².